The van der Waals surface area contributed by atoms with E-state index < -0.39 is 10.8 Å². The fraction of sp³-hybridized carbons (Fsp3) is 0.0714. The molecule has 0 heterocycles. The first-order valence-corrected chi connectivity index (χ1v) is 5.87. The number of hydrogen-bond acceptors (Lipinski definition) is 4. The Morgan fingerprint density at radius 1 is 1.20 bits per heavy atom. The highest BCUT2D eigenvalue weighted by molar-refractivity contribution is 5.94. The second-order valence-corrected chi connectivity index (χ2v) is 4.12. The van der Waals surface area contributed by atoms with Gasteiger partial charge in [-0.05, 0) is 12.1 Å². The number of aromatic hydroxyl groups is 1. The van der Waals surface area contributed by atoms with Crippen molar-refractivity contribution >= 4 is 11.6 Å². The fourth-order valence-electron chi connectivity index (χ4n) is 1.70. The summed E-state index contributed by atoms with van der Waals surface area (Å²) in [6.45, 7) is 0.147. The summed E-state index contributed by atoms with van der Waals surface area (Å²) in [5.41, 5.74) is 0.640. The Balaban J connectivity index is 2.07. The molecule has 0 aliphatic carbocycles. The molecule has 0 spiro atoms. The van der Waals surface area contributed by atoms with Crippen molar-refractivity contribution in [3.05, 3.63) is 69.8 Å². The highest BCUT2D eigenvalue weighted by atomic mass is 16.6. The lowest BCUT2D eigenvalue weighted by Crippen LogP contribution is -2.22. The van der Waals surface area contributed by atoms with E-state index in [1.165, 1.54) is 30.3 Å². The van der Waals surface area contributed by atoms with Crippen LogP contribution < -0.4 is 5.32 Å². The smallest absolute Gasteiger partial charge is 0.270 e. The molecule has 0 saturated carbocycles. The number of nitrogens with one attached hydrogen (secondary N) is 1. The molecule has 0 atom stereocenters. The number of amides is 1. The SMILES string of the molecule is O=C(NCc1ccccc1O)c1cccc([N+](=O)[O-])c1. The number of non-ortho nitro benzene ring substituents is 1. The molecule has 0 radical (unpaired) electrons. The minimum Gasteiger partial charge on any atom is -0.508 e. The van der Waals surface area contributed by atoms with Crippen LogP contribution in [0.2, 0.25) is 0 Å². The zero-order valence-electron chi connectivity index (χ0n) is 10.4. The standard InChI is InChI=1S/C14H12N2O4/c17-13-7-2-1-4-11(13)9-15-14(18)10-5-3-6-12(8-10)16(19)20/h1-8,17H,9H2,(H,15,18). The number of carbonyl (C=O) groups excluding carboxylic acids is 1. The van der Waals surface area contributed by atoms with Crippen LogP contribution in [-0.4, -0.2) is 15.9 Å². The van der Waals surface area contributed by atoms with E-state index in [0.29, 0.717) is 5.56 Å². The summed E-state index contributed by atoms with van der Waals surface area (Å²) < 4.78 is 0. The molecular weight excluding hydrogens is 260 g/mol. The van der Waals surface area contributed by atoms with Crippen molar-refractivity contribution in [2.24, 2.45) is 0 Å². The minimum absolute atomic E-state index is 0.0897. The molecule has 2 N–H and O–H groups in total. The van der Waals surface area contributed by atoms with E-state index >= 15 is 0 Å². The van der Waals surface area contributed by atoms with Crippen molar-refractivity contribution in [1.29, 1.82) is 0 Å². The number of hydrogen-bond donors (Lipinski definition) is 2. The van der Waals surface area contributed by atoms with Gasteiger partial charge in [0.2, 0.25) is 0 Å². The third-order valence-electron chi connectivity index (χ3n) is 2.75. The van der Waals surface area contributed by atoms with Gasteiger partial charge in [0, 0.05) is 29.8 Å². The van der Waals surface area contributed by atoms with Crippen molar-refractivity contribution in [2.75, 3.05) is 0 Å². The van der Waals surface area contributed by atoms with Gasteiger partial charge in [0.1, 0.15) is 5.75 Å². The maximum atomic E-state index is 11.9. The maximum Gasteiger partial charge on any atom is 0.270 e. The lowest BCUT2D eigenvalue weighted by atomic mass is 10.1. The predicted octanol–water partition coefficient (Wildman–Crippen LogP) is 2.23. The van der Waals surface area contributed by atoms with Gasteiger partial charge in [-0.3, -0.25) is 14.9 Å². The molecule has 0 bridgehead atoms. The van der Waals surface area contributed by atoms with Gasteiger partial charge in [0.25, 0.3) is 11.6 Å². The molecule has 6 nitrogen and oxygen atoms in total. The predicted molar refractivity (Wildman–Crippen MR) is 72.4 cm³/mol. The quantitative estimate of drug-likeness (QED) is 0.659. The van der Waals surface area contributed by atoms with Gasteiger partial charge in [0.05, 0.1) is 4.92 Å². The summed E-state index contributed by atoms with van der Waals surface area (Å²) >= 11 is 0. The number of para-hydroxylation sites is 1. The molecule has 0 aliphatic rings. The molecule has 0 unspecified atom stereocenters. The Kier molecular flexibility index (Phi) is 3.95. The van der Waals surface area contributed by atoms with E-state index in [0.717, 1.165) is 0 Å². The Morgan fingerprint density at radius 3 is 2.65 bits per heavy atom. The van der Waals surface area contributed by atoms with Crippen molar-refractivity contribution in [1.82, 2.24) is 5.32 Å². The van der Waals surface area contributed by atoms with Crippen molar-refractivity contribution in [3.63, 3.8) is 0 Å². The molecule has 20 heavy (non-hydrogen) atoms. The topological polar surface area (TPSA) is 92.5 Å². The lowest BCUT2D eigenvalue weighted by molar-refractivity contribution is -0.384. The highest BCUT2D eigenvalue weighted by Crippen LogP contribution is 2.16. The van der Waals surface area contributed by atoms with E-state index in [2.05, 4.69) is 5.32 Å². The van der Waals surface area contributed by atoms with Gasteiger partial charge < -0.3 is 10.4 Å². The van der Waals surface area contributed by atoms with Crippen LogP contribution in [0.4, 0.5) is 5.69 Å². The van der Waals surface area contributed by atoms with Crippen LogP contribution in [0.5, 0.6) is 5.75 Å². The largest absolute Gasteiger partial charge is 0.508 e. The summed E-state index contributed by atoms with van der Waals surface area (Å²) in [7, 11) is 0. The average Bonchev–Trinajstić information content (AvgIpc) is 2.46. The number of carbonyl (C=O) groups is 1. The van der Waals surface area contributed by atoms with Gasteiger partial charge in [-0.25, -0.2) is 0 Å². The molecule has 2 aromatic rings. The van der Waals surface area contributed by atoms with Crippen LogP contribution >= 0.6 is 0 Å². The van der Waals surface area contributed by atoms with Gasteiger partial charge in [0.15, 0.2) is 0 Å². The van der Waals surface area contributed by atoms with E-state index in [1.54, 1.807) is 18.2 Å². The second-order valence-electron chi connectivity index (χ2n) is 4.12. The molecule has 1 amide bonds. The molecule has 0 aromatic heterocycles. The first-order valence-electron chi connectivity index (χ1n) is 5.87. The van der Waals surface area contributed by atoms with Crippen LogP contribution in [0.25, 0.3) is 0 Å². The highest BCUT2D eigenvalue weighted by Gasteiger charge is 2.11. The summed E-state index contributed by atoms with van der Waals surface area (Å²) in [5, 5.41) is 22.8. The number of phenolic OH excluding ortho intramolecular Hbond substituents is 1. The summed E-state index contributed by atoms with van der Waals surface area (Å²) in [5.74, 6) is -0.344. The van der Waals surface area contributed by atoms with Crippen molar-refractivity contribution < 1.29 is 14.8 Å². The van der Waals surface area contributed by atoms with Gasteiger partial charge >= 0.3 is 0 Å². The number of nitrogens with zero attached hydrogens (tertiary/aromatic N) is 1. The van der Waals surface area contributed by atoms with Crippen LogP contribution in [0.15, 0.2) is 48.5 Å². The van der Waals surface area contributed by atoms with Gasteiger partial charge in [-0.1, -0.05) is 24.3 Å². The number of nitro groups is 1. The van der Waals surface area contributed by atoms with E-state index in [-0.39, 0.29) is 23.5 Å². The van der Waals surface area contributed by atoms with Crippen LogP contribution in [0, 0.1) is 10.1 Å². The molecule has 2 rings (SSSR count). The Morgan fingerprint density at radius 2 is 1.95 bits per heavy atom. The zero-order valence-corrected chi connectivity index (χ0v) is 10.4. The third-order valence-corrected chi connectivity index (χ3v) is 2.75. The molecule has 0 saturated heterocycles. The van der Waals surface area contributed by atoms with Gasteiger partial charge in [-0.15, -0.1) is 0 Å². The van der Waals surface area contributed by atoms with Crippen LogP contribution in [0.1, 0.15) is 15.9 Å². The van der Waals surface area contributed by atoms with Gasteiger partial charge in [-0.2, -0.15) is 0 Å². The summed E-state index contributed by atoms with van der Waals surface area (Å²) in [6.07, 6.45) is 0. The summed E-state index contributed by atoms with van der Waals surface area (Å²) in [6, 6.07) is 12.1. The Bertz CT molecular complexity index is 655. The molecule has 0 aliphatic heterocycles. The first-order chi connectivity index (χ1) is 9.58. The van der Waals surface area contributed by atoms with E-state index in [4.69, 9.17) is 0 Å². The number of rotatable bonds is 4. The average molecular weight is 272 g/mol. The van der Waals surface area contributed by atoms with Crippen LogP contribution in [0.3, 0.4) is 0 Å². The minimum atomic E-state index is -0.556. The summed E-state index contributed by atoms with van der Waals surface area (Å²) in [4.78, 5) is 22.0. The Labute approximate surface area is 114 Å². The van der Waals surface area contributed by atoms with E-state index in [9.17, 15) is 20.0 Å². The second kappa shape index (κ2) is 5.83. The molecule has 6 heteroatoms. The monoisotopic (exact) mass is 272 g/mol. The first kappa shape index (κ1) is 13.5. The zero-order chi connectivity index (χ0) is 14.5. The van der Waals surface area contributed by atoms with E-state index in [1.807, 2.05) is 0 Å². The Hall–Kier alpha value is -2.89. The number of benzene rings is 2. The molecule has 102 valence electrons. The maximum absolute atomic E-state index is 11.9. The van der Waals surface area contributed by atoms with Crippen molar-refractivity contribution in [2.45, 2.75) is 6.54 Å². The normalized spacial score (nSPS) is 10.0. The molecule has 0 fully saturated rings. The number of phenols is 1. The lowest BCUT2D eigenvalue weighted by Gasteiger charge is -2.06. The molecular formula is C14H12N2O4. The molecule has 2 aromatic carbocycles. The third kappa shape index (κ3) is 3.11. The number of nitro benzene ring substituents is 1. The fourth-order valence-corrected chi connectivity index (χ4v) is 1.70. The van der Waals surface area contributed by atoms with Crippen LogP contribution in [-0.2, 0) is 6.54 Å². The van der Waals surface area contributed by atoms with Crippen molar-refractivity contribution in [3.8, 4) is 5.75 Å².